The Morgan fingerprint density at radius 3 is 2.65 bits per heavy atom. The monoisotopic (exact) mass is 522 g/mol. The second-order valence-corrected chi connectivity index (χ2v) is 12.0. The Hall–Kier alpha value is -3.15. The number of hydrogen-bond donors (Lipinski definition) is 0. The molecule has 1 aliphatic carbocycles. The number of carbonyl (C=O) groups excluding carboxylic acids is 1. The summed E-state index contributed by atoms with van der Waals surface area (Å²) in [6.45, 7) is 3.45. The van der Waals surface area contributed by atoms with Crippen molar-refractivity contribution in [2.45, 2.75) is 25.7 Å². The van der Waals surface area contributed by atoms with Crippen LogP contribution in [0.3, 0.4) is 0 Å². The normalized spacial score (nSPS) is 19.0. The van der Waals surface area contributed by atoms with E-state index in [1.807, 2.05) is 0 Å². The Morgan fingerprint density at radius 2 is 1.89 bits per heavy atom. The molecule has 0 saturated carbocycles. The summed E-state index contributed by atoms with van der Waals surface area (Å²) in [5.41, 5.74) is 4.71. The van der Waals surface area contributed by atoms with Crippen LogP contribution in [0, 0.1) is 5.92 Å². The van der Waals surface area contributed by atoms with E-state index in [0.717, 1.165) is 23.1 Å². The van der Waals surface area contributed by atoms with Gasteiger partial charge in [-0.1, -0.05) is 24.3 Å². The summed E-state index contributed by atoms with van der Waals surface area (Å²) in [4.78, 5) is 25.3. The zero-order valence-electron chi connectivity index (χ0n) is 20.8. The van der Waals surface area contributed by atoms with Crippen LogP contribution >= 0.6 is 0 Å². The van der Waals surface area contributed by atoms with Gasteiger partial charge in [0.2, 0.25) is 21.9 Å². The number of nitrogens with zero attached hydrogens (tertiary/aromatic N) is 6. The summed E-state index contributed by atoms with van der Waals surface area (Å²) in [5.74, 6) is 0.540. The van der Waals surface area contributed by atoms with Crippen LogP contribution in [0.2, 0.25) is 0 Å². The summed E-state index contributed by atoms with van der Waals surface area (Å²) >= 11 is 0. The molecule has 37 heavy (non-hydrogen) atoms. The molecule has 2 aliphatic heterocycles. The van der Waals surface area contributed by atoms with Crippen LogP contribution in [0.15, 0.2) is 30.5 Å². The van der Waals surface area contributed by atoms with Crippen LogP contribution in [-0.4, -0.2) is 84.0 Å². The third kappa shape index (κ3) is 4.78. The topological polar surface area (TPSA) is 111 Å². The van der Waals surface area contributed by atoms with E-state index >= 15 is 0 Å². The fraction of sp³-hybridized carbons (Fsp3) is 0.462. The molecule has 2 aromatic heterocycles. The number of allylic oxidation sites excluding steroid dienone is 1. The van der Waals surface area contributed by atoms with E-state index in [1.165, 1.54) is 26.4 Å². The maximum Gasteiger partial charge on any atom is 0.249 e. The Balaban J connectivity index is 1.33. The summed E-state index contributed by atoms with van der Waals surface area (Å²) < 4.78 is 32.1. The first-order chi connectivity index (χ1) is 17.9. The number of fused-ring (bicyclic) bond motifs is 2. The van der Waals surface area contributed by atoms with E-state index in [1.54, 1.807) is 6.20 Å². The fourth-order valence-electron chi connectivity index (χ4n) is 5.39. The minimum Gasteiger partial charge on any atom is -0.378 e. The standard InChI is InChI=1S/C26H30N6O4S/c1-37(34,35)31-9-7-18(8-10-31)15-23(33)32-25-22(17-27-32)24(21-6-5-19-3-2-4-20(19)16-21)28-26(29-25)30-11-13-36-14-12-30/h2-3,5-6,16-18H,4,7-15H2,1H3. The predicted molar refractivity (Wildman–Crippen MR) is 141 cm³/mol. The number of ether oxygens (including phenoxy) is 1. The number of sulfonamides is 1. The second-order valence-electron chi connectivity index (χ2n) is 9.99. The third-order valence-corrected chi connectivity index (χ3v) is 8.81. The van der Waals surface area contributed by atoms with Crippen LogP contribution in [0.25, 0.3) is 28.4 Å². The molecule has 3 aromatic rings. The molecular weight excluding hydrogens is 492 g/mol. The maximum absolute atomic E-state index is 13.4. The fourth-order valence-corrected chi connectivity index (χ4v) is 6.26. The van der Waals surface area contributed by atoms with Crippen molar-refractivity contribution >= 4 is 39.0 Å². The van der Waals surface area contributed by atoms with Crippen molar-refractivity contribution in [3.05, 3.63) is 41.6 Å². The van der Waals surface area contributed by atoms with Gasteiger partial charge in [-0.3, -0.25) is 4.79 Å². The number of piperidine rings is 1. The number of morpholine rings is 1. The van der Waals surface area contributed by atoms with Gasteiger partial charge in [0.25, 0.3) is 0 Å². The number of aromatic nitrogens is 4. The van der Waals surface area contributed by atoms with E-state index in [2.05, 4.69) is 40.3 Å². The highest BCUT2D eigenvalue weighted by molar-refractivity contribution is 7.88. The van der Waals surface area contributed by atoms with Gasteiger partial charge in [-0.15, -0.1) is 0 Å². The van der Waals surface area contributed by atoms with Gasteiger partial charge in [0, 0.05) is 38.2 Å². The number of hydrogen-bond acceptors (Lipinski definition) is 8. The van der Waals surface area contributed by atoms with Gasteiger partial charge < -0.3 is 9.64 Å². The Kier molecular flexibility index (Phi) is 6.29. The lowest BCUT2D eigenvalue weighted by molar-refractivity contribution is 0.0852. The molecule has 0 amide bonds. The minimum absolute atomic E-state index is 0.106. The first kappa shape index (κ1) is 24.2. The molecule has 0 atom stereocenters. The highest BCUT2D eigenvalue weighted by Gasteiger charge is 2.28. The van der Waals surface area contributed by atoms with Crippen LogP contribution in [0.4, 0.5) is 5.95 Å². The van der Waals surface area contributed by atoms with Crippen molar-refractivity contribution in [3.63, 3.8) is 0 Å². The maximum atomic E-state index is 13.4. The van der Waals surface area contributed by atoms with E-state index in [9.17, 15) is 13.2 Å². The summed E-state index contributed by atoms with van der Waals surface area (Å²) in [7, 11) is -3.20. The third-order valence-electron chi connectivity index (χ3n) is 7.50. The minimum atomic E-state index is -3.20. The van der Waals surface area contributed by atoms with Crippen LogP contribution < -0.4 is 4.90 Å². The molecule has 0 N–H and O–H groups in total. The van der Waals surface area contributed by atoms with Gasteiger partial charge in [0.05, 0.1) is 36.7 Å². The second kappa shape index (κ2) is 9.62. The lowest BCUT2D eigenvalue weighted by atomic mass is 9.94. The average Bonchev–Trinajstić information content (AvgIpc) is 3.55. The Bertz CT molecular complexity index is 1480. The molecule has 194 valence electrons. The SMILES string of the molecule is CS(=O)(=O)N1CCC(CC(=O)n2ncc3c(-c4ccc5c(c4)CC=C5)nc(N4CCOCC4)nc32)CC1. The Labute approximate surface area is 216 Å². The zero-order chi connectivity index (χ0) is 25.6. The molecule has 2 saturated heterocycles. The number of rotatable bonds is 5. The van der Waals surface area contributed by atoms with Gasteiger partial charge in [-0.05, 0) is 42.4 Å². The zero-order valence-corrected chi connectivity index (χ0v) is 21.7. The average molecular weight is 523 g/mol. The Morgan fingerprint density at radius 1 is 1.11 bits per heavy atom. The summed E-state index contributed by atoms with van der Waals surface area (Å²) in [5, 5.41) is 5.20. The predicted octanol–water partition coefficient (Wildman–Crippen LogP) is 2.60. The number of benzene rings is 1. The summed E-state index contributed by atoms with van der Waals surface area (Å²) in [6.07, 6.45) is 9.69. The molecule has 0 unspecified atom stereocenters. The molecule has 1 aromatic carbocycles. The van der Waals surface area contributed by atoms with Crippen molar-refractivity contribution in [2.75, 3.05) is 50.5 Å². The molecule has 6 rings (SSSR count). The summed E-state index contributed by atoms with van der Waals surface area (Å²) in [6, 6.07) is 6.33. The molecule has 0 bridgehead atoms. The highest BCUT2D eigenvalue weighted by Crippen LogP contribution is 2.32. The van der Waals surface area contributed by atoms with Crippen molar-refractivity contribution in [1.29, 1.82) is 0 Å². The molecule has 0 spiro atoms. The highest BCUT2D eigenvalue weighted by atomic mass is 32.2. The molecule has 11 heteroatoms. The van der Waals surface area contributed by atoms with Gasteiger partial charge in [0.1, 0.15) is 0 Å². The van der Waals surface area contributed by atoms with E-state index < -0.39 is 10.0 Å². The molecular formula is C26H30N6O4S. The van der Waals surface area contributed by atoms with Gasteiger partial charge in [-0.25, -0.2) is 17.7 Å². The van der Waals surface area contributed by atoms with Crippen LogP contribution in [0.1, 0.15) is 35.2 Å². The van der Waals surface area contributed by atoms with Crippen LogP contribution in [-0.2, 0) is 21.2 Å². The van der Waals surface area contributed by atoms with Crippen molar-refractivity contribution in [1.82, 2.24) is 24.1 Å². The molecule has 10 nitrogen and oxygen atoms in total. The van der Waals surface area contributed by atoms with Crippen molar-refractivity contribution in [2.24, 2.45) is 5.92 Å². The van der Waals surface area contributed by atoms with E-state index in [4.69, 9.17) is 14.7 Å². The van der Waals surface area contributed by atoms with Crippen molar-refractivity contribution in [3.8, 4) is 11.3 Å². The van der Waals surface area contributed by atoms with E-state index in [-0.39, 0.29) is 11.8 Å². The molecule has 2 fully saturated rings. The molecule has 3 aliphatic rings. The number of carbonyl (C=O) groups is 1. The molecule has 4 heterocycles. The first-order valence-electron chi connectivity index (χ1n) is 12.7. The van der Waals surface area contributed by atoms with Gasteiger partial charge in [0.15, 0.2) is 5.65 Å². The van der Waals surface area contributed by atoms with E-state index in [0.29, 0.717) is 70.3 Å². The van der Waals surface area contributed by atoms with Gasteiger partial charge >= 0.3 is 0 Å². The smallest absolute Gasteiger partial charge is 0.249 e. The first-order valence-corrected chi connectivity index (χ1v) is 14.6. The van der Waals surface area contributed by atoms with Crippen molar-refractivity contribution < 1.29 is 17.9 Å². The molecule has 0 radical (unpaired) electrons. The number of anilines is 1. The largest absolute Gasteiger partial charge is 0.378 e. The lowest BCUT2D eigenvalue weighted by Crippen LogP contribution is -2.38. The lowest BCUT2D eigenvalue weighted by Gasteiger charge is -2.29. The quantitative estimate of drug-likeness (QED) is 0.503. The van der Waals surface area contributed by atoms with Gasteiger partial charge in [-0.2, -0.15) is 14.8 Å². The van der Waals surface area contributed by atoms with Crippen LogP contribution in [0.5, 0.6) is 0 Å².